The average molecular weight is 417 g/mol. The van der Waals surface area contributed by atoms with Crippen LogP contribution < -0.4 is 0 Å². The summed E-state index contributed by atoms with van der Waals surface area (Å²) < 4.78 is 6.94. The van der Waals surface area contributed by atoms with Crippen molar-refractivity contribution in [1.29, 1.82) is 0 Å². The van der Waals surface area contributed by atoms with Crippen LogP contribution in [-0.2, 0) is 0 Å². The molecule has 0 aliphatic rings. The van der Waals surface area contributed by atoms with Crippen LogP contribution in [0.15, 0.2) is 86.7 Å². The van der Waals surface area contributed by atoms with E-state index < -0.39 is 0 Å². The largest absolute Gasteiger partial charge is 0.436 e. The van der Waals surface area contributed by atoms with E-state index in [2.05, 4.69) is 51.0 Å². The number of allylic oxidation sites excluding steroid dienone is 1. The molecule has 1 heterocycles. The van der Waals surface area contributed by atoms with Gasteiger partial charge < -0.3 is 4.42 Å². The van der Waals surface area contributed by atoms with Gasteiger partial charge in [0.25, 0.3) is 0 Å². The van der Waals surface area contributed by atoms with Gasteiger partial charge in [0.05, 0.1) is 5.69 Å². The van der Waals surface area contributed by atoms with Crippen LogP contribution >= 0.6 is 15.9 Å². The highest BCUT2D eigenvalue weighted by atomic mass is 79.9. The summed E-state index contributed by atoms with van der Waals surface area (Å²) in [5, 5.41) is 0. The van der Waals surface area contributed by atoms with Gasteiger partial charge in [0, 0.05) is 16.3 Å². The average Bonchev–Trinajstić information content (AvgIpc) is 3.09. The van der Waals surface area contributed by atoms with E-state index in [4.69, 9.17) is 4.42 Å². The SMILES string of the molecule is Cc1cccc(-c2nc3cc(N=CC=Cc4cccc(Br)c4)ccc3o2)c1. The van der Waals surface area contributed by atoms with E-state index in [9.17, 15) is 0 Å². The smallest absolute Gasteiger partial charge is 0.227 e. The van der Waals surface area contributed by atoms with E-state index in [-0.39, 0.29) is 0 Å². The highest BCUT2D eigenvalue weighted by Gasteiger charge is 2.08. The second kappa shape index (κ2) is 7.72. The summed E-state index contributed by atoms with van der Waals surface area (Å²) in [6.45, 7) is 2.06. The van der Waals surface area contributed by atoms with Crippen LogP contribution in [0.4, 0.5) is 5.69 Å². The molecule has 4 rings (SSSR count). The number of halogens is 1. The third-order valence-electron chi connectivity index (χ3n) is 4.08. The minimum atomic E-state index is 0.629. The molecule has 0 saturated heterocycles. The first-order valence-electron chi connectivity index (χ1n) is 8.61. The minimum Gasteiger partial charge on any atom is -0.436 e. The first-order chi connectivity index (χ1) is 13.2. The highest BCUT2D eigenvalue weighted by molar-refractivity contribution is 9.10. The minimum absolute atomic E-state index is 0.629. The third kappa shape index (κ3) is 4.23. The Morgan fingerprint density at radius 3 is 2.74 bits per heavy atom. The number of benzene rings is 3. The Hall–Kier alpha value is -2.98. The standard InChI is InChI=1S/C23H17BrN2O/c1-16-5-2-8-18(13-16)23-26-21-15-20(10-11-22(21)27-23)25-12-4-7-17-6-3-9-19(24)14-17/h2-15H,1H3. The maximum absolute atomic E-state index is 5.88. The Balaban J connectivity index is 1.54. The number of aryl methyl sites for hydroxylation is 1. The first-order valence-corrected chi connectivity index (χ1v) is 9.41. The van der Waals surface area contributed by atoms with Gasteiger partial charge in [0.1, 0.15) is 5.52 Å². The molecule has 132 valence electrons. The normalized spacial score (nSPS) is 11.8. The van der Waals surface area contributed by atoms with Crippen LogP contribution in [-0.4, -0.2) is 11.2 Å². The quantitative estimate of drug-likeness (QED) is 0.336. The van der Waals surface area contributed by atoms with Crippen molar-refractivity contribution in [1.82, 2.24) is 4.98 Å². The van der Waals surface area contributed by atoms with Crippen LogP contribution in [0.5, 0.6) is 0 Å². The molecular weight excluding hydrogens is 400 g/mol. The fraction of sp³-hybridized carbons (Fsp3) is 0.0435. The Kier molecular flexibility index (Phi) is 4.99. The number of oxazole rings is 1. The molecule has 0 amide bonds. The summed E-state index contributed by atoms with van der Waals surface area (Å²) in [5.74, 6) is 0.629. The molecule has 1 aromatic heterocycles. The van der Waals surface area contributed by atoms with Crippen LogP contribution in [0.1, 0.15) is 11.1 Å². The highest BCUT2D eigenvalue weighted by Crippen LogP contribution is 2.27. The van der Waals surface area contributed by atoms with Crippen molar-refractivity contribution >= 4 is 45.0 Å². The Morgan fingerprint density at radius 2 is 1.89 bits per heavy atom. The summed E-state index contributed by atoms with van der Waals surface area (Å²) in [6.07, 6.45) is 5.72. The maximum Gasteiger partial charge on any atom is 0.227 e. The second-order valence-corrected chi connectivity index (χ2v) is 7.15. The fourth-order valence-electron chi connectivity index (χ4n) is 2.79. The van der Waals surface area contributed by atoms with Gasteiger partial charge in [-0.1, -0.05) is 51.8 Å². The number of aliphatic imine (C=N–C) groups is 1. The van der Waals surface area contributed by atoms with Crippen LogP contribution in [0.2, 0.25) is 0 Å². The Morgan fingerprint density at radius 1 is 1.00 bits per heavy atom. The van der Waals surface area contributed by atoms with Crippen molar-refractivity contribution in [3.8, 4) is 11.5 Å². The molecule has 0 N–H and O–H groups in total. The molecule has 4 heteroatoms. The lowest BCUT2D eigenvalue weighted by atomic mass is 10.1. The van der Waals surface area contributed by atoms with Gasteiger partial charge in [-0.2, -0.15) is 0 Å². The van der Waals surface area contributed by atoms with Gasteiger partial charge in [-0.05, 0) is 61.0 Å². The van der Waals surface area contributed by atoms with Crippen molar-refractivity contribution in [2.45, 2.75) is 6.92 Å². The summed E-state index contributed by atoms with van der Waals surface area (Å²) >= 11 is 3.47. The van der Waals surface area contributed by atoms with Crippen molar-refractivity contribution < 1.29 is 4.42 Å². The zero-order valence-corrected chi connectivity index (χ0v) is 16.3. The third-order valence-corrected chi connectivity index (χ3v) is 4.58. The first kappa shape index (κ1) is 17.4. The number of hydrogen-bond acceptors (Lipinski definition) is 3. The summed E-state index contributed by atoms with van der Waals surface area (Å²) in [7, 11) is 0. The van der Waals surface area contributed by atoms with Crippen molar-refractivity contribution in [3.63, 3.8) is 0 Å². The van der Waals surface area contributed by atoms with E-state index in [1.54, 1.807) is 6.21 Å². The van der Waals surface area contributed by atoms with Gasteiger partial charge >= 0.3 is 0 Å². The van der Waals surface area contributed by atoms with Crippen molar-refractivity contribution in [2.24, 2.45) is 4.99 Å². The summed E-state index contributed by atoms with van der Waals surface area (Å²) in [4.78, 5) is 9.09. The fourth-order valence-corrected chi connectivity index (χ4v) is 3.21. The lowest BCUT2D eigenvalue weighted by Gasteiger charge is -1.95. The predicted octanol–water partition coefficient (Wildman–Crippen LogP) is 6.98. The topological polar surface area (TPSA) is 38.4 Å². The van der Waals surface area contributed by atoms with E-state index >= 15 is 0 Å². The molecule has 0 aliphatic carbocycles. The molecule has 0 atom stereocenters. The monoisotopic (exact) mass is 416 g/mol. The second-order valence-electron chi connectivity index (χ2n) is 6.23. The van der Waals surface area contributed by atoms with Crippen LogP contribution in [0.25, 0.3) is 28.6 Å². The van der Waals surface area contributed by atoms with Crippen molar-refractivity contribution in [2.75, 3.05) is 0 Å². The lowest BCUT2D eigenvalue weighted by molar-refractivity contribution is 0.620. The van der Waals surface area contributed by atoms with Gasteiger partial charge in [0.15, 0.2) is 5.58 Å². The Bertz CT molecular complexity index is 1160. The van der Waals surface area contributed by atoms with Crippen molar-refractivity contribution in [3.05, 3.63) is 88.4 Å². The molecule has 0 radical (unpaired) electrons. The number of fused-ring (bicyclic) bond motifs is 1. The molecule has 4 aromatic rings. The zero-order chi connectivity index (χ0) is 18.6. The number of rotatable bonds is 4. The molecule has 3 aromatic carbocycles. The molecule has 3 nitrogen and oxygen atoms in total. The van der Waals surface area contributed by atoms with Crippen LogP contribution in [0, 0.1) is 6.92 Å². The summed E-state index contributed by atoms with van der Waals surface area (Å²) in [5.41, 5.74) is 5.67. The maximum atomic E-state index is 5.88. The van der Waals surface area contributed by atoms with E-state index in [1.165, 1.54) is 5.56 Å². The lowest BCUT2D eigenvalue weighted by Crippen LogP contribution is -1.78. The molecule has 0 bridgehead atoms. The predicted molar refractivity (Wildman–Crippen MR) is 116 cm³/mol. The van der Waals surface area contributed by atoms with Gasteiger partial charge in [-0.25, -0.2) is 4.98 Å². The van der Waals surface area contributed by atoms with Gasteiger partial charge in [-0.3, -0.25) is 4.99 Å². The van der Waals surface area contributed by atoms with E-state index in [0.29, 0.717) is 5.89 Å². The molecule has 0 aliphatic heterocycles. The zero-order valence-electron chi connectivity index (χ0n) is 14.8. The number of nitrogens with zero attached hydrogens (tertiary/aromatic N) is 2. The van der Waals surface area contributed by atoms with Gasteiger partial charge in [-0.15, -0.1) is 0 Å². The molecular formula is C23H17BrN2O. The summed E-state index contributed by atoms with van der Waals surface area (Å²) in [6, 6.07) is 22.0. The molecule has 27 heavy (non-hydrogen) atoms. The molecule has 0 unspecified atom stereocenters. The number of aromatic nitrogens is 1. The van der Waals surface area contributed by atoms with E-state index in [0.717, 1.165) is 32.4 Å². The molecule has 0 spiro atoms. The Labute approximate surface area is 166 Å². The molecule has 0 fully saturated rings. The molecule has 0 saturated carbocycles. The van der Waals surface area contributed by atoms with Gasteiger partial charge in [0.2, 0.25) is 5.89 Å². The van der Waals surface area contributed by atoms with Crippen LogP contribution in [0.3, 0.4) is 0 Å². The number of hydrogen-bond donors (Lipinski definition) is 0. The van der Waals surface area contributed by atoms with E-state index in [1.807, 2.05) is 60.7 Å².